The topological polar surface area (TPSA) is 48.3 Å². The fourth-order valence-corrected chi connectivity index (χ4v) is 1.51. The predicted octanol–water partition coefficient (Wildman–Crippen LogP) is 0.833. The molecule has 0 saturated heterocycles. The number of ether oxygens (including phenoxy) is 1. The summed E-state index contributed by atoms with van der Waals surface area (Å²) in [6.07, 6.45) is 0.840. The molecule has 1 aromatic rings. The van der Waals surface area contributed by atoms with E-state index in [1.54, 1.807) is 10.6 Å². The molecule has 0 aromatic carbocycles. The molecule has 2 heterocycles. The third kappa shape index (κ3) is 1.43. The molecular formula is C10H11NO3. The van der Waals surface area contributed by atoms with E-state index in [0.717, 1.165) is 6.42 Å². The Hall–Kier alpha value is -1.58. The lowest BCUT2D eigenvalue weighted by Gasteiger charge is -2.19. The van der Waals surface area contributed by atoms with Gasteiger partial charge in [-0.05, 0) is 13.3 Å². The van der Waals surface area contributed by atoms with Gasteiger partial charge in [-0.25, -0.2) is 0 Å². The number of ketones is 1. The molecule has 0 bridgehead atoms. The van der Waals surface area contributed by atoms with Crippen LogP contribution in [0.5, 0.6) is 5.88 Å². The van der Waals surface area contributed by atoms with Gasteiger partial charge in [0.1, 0.15) is 0 Å². The second-order valence-corrected chi connectivity index (χ2v) is 3.33. The molecule has 2 rings (SSSR count). The SMILES string of the molecule is CC(=O)c1cc2n(c(=O)c1)CCCO2. The molecule has 0 amide bonds. The zero-order valence-electron chi connectivity index (χ0n) is 7.95. The van der Waals surface area contributed by atoms with Gasteiger partial charge in [-0.2, -0.15) is 0 Å². The Morgan fingerprint density at radius 1 is 1.50 bits per heavy atom. The van der Waals surface area contributed by atoms with E-state index >= 15 is 0 Å². The highest BCUT2D eigenvalue weighted by Crippen LogP contribution is 2.16. The number of Topliss-reactive ketones (excluding diaryl/α,β-unsaturated/α-hetero) is 1. The quantitative estimate of drug-likeness (QED) is 0.621. The molecule has 4 nitrogen and oxygen atoms in total. The zero-order chi connectivity index (χ0) is 10.1. The van der Waals surface area contributed by atoms with E-state index in [1.807, 2.05) is 0 Å². The number of hydrogen-bond acceptors (Lipinski definition) is 3. The molecule has 1 aliphatic rings. The fourth-order valence-electron chi connectivity index (χ4n) is 1.51. The van der Waals surface area contributed by atoms with Crippen molar-refractivity contribution >= 4 is 5.78 Å². The molecule has 1 aliphatic heterocycles. The Morgan fingerprint density at radius 2 is 2.29 bits per heavy atom. The highest BCUT2D eigenvalue weighted by atomic mass is 16.5. The van der Waals surface area contributed by atoms with Crippen molar-refractivity contribution in [2.75, 3.05) is 6.61 Å². The first-order chi connectivity index (χ1) is 6.68. The Bertz CT molecular complexity index is 433. The lowest BCUT2D eigenvalue weighted by molar-refractivity contribution is 0.101. The summed E-state index contributed by atoms with van der Waals surface area (Å²) in [6.45, 7) is 2.72. The van der Waals surface area contributed by atoms with Crippen LogP contribution in [0.1, 0.15) is 23.7 Å². The van der Waals surface area contributed by atoms with Crippen LogP contribution in [0.2, 0.25) is 0 Å². The number of nitrogens with zero attached hydrogens (tertiary/aromatic N) is 1. The largest absolute Gasteiger partial charge is 0.479 e. The highest BCUT2D eigenvalue weighted by molar-refractivity contribution is 5.94. The van der Waals surface area contributed by atoms with E-state index < -0.39 is 0 Å². The first-order valence-corrected chi connectivity index (χ1v) is 4.57. The van der Waals surface area contributed by atoms with Crippen LogP contribution in [0.25, 0.3) is 0 Å². The molecule has 0 saturated carbocycles. The molecule has 4 heteroatoms. The normalized spacial score (nSPS) is 14.4. The van der Waals surface area contributed by atoms with Gasteiger partial charge < -0.3 is 4.74 Å². The van der Waals surface area contributed by atoms with Crippen molar-refractivity contribution in [3.8, 4) is 5.88 Å². The van der Waals surface area contributed by atoms with Gasteiger partial charge in [0.25, 0.3) is 5.56 Å². The lowest BCUT2D eigenvalue weighted by atomic mass is 10.2. The minimum atomic E-state index is -0.160. The molecule has 0 spiro atoms. The summed E-state index contributed by atoms with van der Waals surface area (Å²) in [6, 6.07) is 2.99. The minimum absolute atomic E-state index is 0.111. The van der Waals surface area contributed by atoms with Crippen molar-refractivity contribution in [1.82, 2.24) is 4.57 Å². The zero-order valence-corrected chi connectivity index (χ0v) is 7.95. The first kappa shape index (κ1) is 8.99. The number of fused-ring (bicyclic) bond motifs is 1. The summed E-state index contributed by atoms with van der Waals surface area (Å²) in [5, 5.41) is 0. The fraction of sp³-hybridized carbons (Fsp3) is 0.400. The van der Waals surface area contributed by atoms with Gasteiger partial charge in [0.15, 0.2) is 11.7 Å². The van der Waals surface area contributed by atoms with Gasteiger partial charge in [0.2, 0.25) is 0 Å². The average molecular weight is 193 g/mol. The van der Waals surface area contributed by atoms with E-state index in [0.29, 0.717) is 24.6 Å². The monoisotopic (exact) mass is 193 g/mol. The van der Waals surface area contributed by atoms with Crippen LogP contribution in [-0.2, 0) is 6.54 Å². The summed E-state index contributed by atoms with van der Waals surface area (Å²) in [5.41, 5.74) is 0.260. The molecule has 0 aliphatic carbocycles. The highest BCUT2D eigenvalue weighted by Gasteiger charge is 2.13. The summed E-state index contributed by atoms with van der Waals surface area (Å²) in [5.74, 6) is 0.397. The van der Waals surface area contributed by atoms with E-state index in [9.17, 15) is 9.59 Å². The van der Waals surface area contributed by atoms with Gasteiger partial charge >= 0.3 is 0 Å². The molecule has 0 radical (unpaired) electrons. The third-order valence-electron chi connectivity index (χ3n) is 2.27. The Labute approximate surface area is 81.1 Å². The van der Waals surface area contributed by atoms with Crippen LogP contribution in [0.15, 0.2) is 16.9 Å². The van der Waals surface area contributed by atoms with Gasteiger partial charge in [0.05, 0.1) is 6.61 Å². The van der Waals surface area contributed by atoms with Crippen molar-refractivity contribution in [2.45, 2.75) is 19.9 Å². The molecular weight excluding hydrogens is 182 g/mol. The molecule has 74 valence electrons. The standard InChI is InChI=1S/C10H11NO3/c1-7(12)8-5-9(13)11-3-2-4-14-10(11)6-8/h5-6H,2-4H2,1H3. The van der Waals surface area contributed by atoms with E-state index in [4.69, 9.17) is 4.74 Å². The van der Waals surface area contributed by atoms with Crippen LogP contribution >= 0.6 is 0 Å². The van der Waals surface area contributed by atoms with Crippen LogP contribution in [0.3, 0.4) is 0 Å². The smallest absolute Gasteiger partial charge is 0.254 e. The molecule has 0 atom stereocenters. The van der Waals surface area contributed by atoms with Crippen LogP contribution in [-0.4, -0.2) is 17.0 Å². The number of pyridine rings is 1. The third-order valence-corrected chi connectivity index (χ3v) is 2.27. The maximum atomic E-state index is 11.5. The van der Waals surface area contributed by atoms with Crippen molar-refractivity contribution in [3.05, 3.63) is 28.0 Å². The molecule has 0 unspecified atom stereocenters. The van der Waals surface area contributed by atoms with E-state index in [-0.39, 0.29) is 11.3 Å². The molecule has 0 fully saturated rings. The van der Waals surface area contributed by atoms with Crippen molar-refractivity contribution in [1.29, 1.82) is 0 Å². The maximum absolute atomic E-state index is 11.5. The molecule has 0 N–H and O–H groups in total. The van der Waals surface area contributed by atoms with Gasteiger partial charge in [-0.3, -0.25) is 14.2 Å². The maximum Gasteiger partial charge on any atom is 0.254 e. The summed E-state index contributed by atoms with van der Waals surface area (Å²) < 4.78 is 6.86. The van der Waals surface area contributed by atoms with E-state index in [2.05, 4.69) is 0 Å². The number of rotatable bonds is 1. The van der Waals surface area contributed by atoms with Crippen molar-refractivity contribution < 1.29 is 9.53 Å². The van der Waals surface area contributed by atoms with Gasteiger partial charge in [0, 0.05) is 24.2 Å². The number of hydrogen-bond donors (Lipinski definition) is 0. The Kier molecular flexibility index (Phi) is 2.11. The van der Waals surface area contributed by atoms with Gasteiger partial charge in [-0.15, -0.1) is 0 Å². The van der Waals surface area contributed by atoms with E-state index in [1.165, 1.54) is 13.0 Å². The Balaban J connectivity index is 2.57. The predicted molar refractivity (Wildman–Crippen MR) is 50.8 cm³/mol. The summed E-state index contributed by atoms with van der Waals surface area (Å²) in [7, 11) is 0. The number of carbonyl (C=O) groups is 1. The minimum Gasteiger partial charge on any atom is -0.479 e. The average Bonchev–Trinajstić information content (AvgIpc) is 2.17. The van der Waals surface area contributed by atoms with Crippen LogP contribution < -0.4 is 10.3 Å². The Morgan fingerprint density at radius 3 is 3.00 bits per heavy atom. The number of carbonyl (C=O) groups excluding carboxylic acids is 1. The van der Waals surface area contributed by atoms with Gasteiger partial charge in [-0.1, -0.05) is 0 Å². The number of aromatic nitrogens is 1. The van der Waals surface area contributed by atoms with Crippen molar-refractivity contribution in [2.24, 2.45) is 0 Å². The van der Waals surface area contributed by atoms with Crippen LogP contribution in [0, 0.1) is 0 Å². The molecule has 1 aromatic heterocycles. The van der Waals surface area contributed by atoms with Crippen molar-refractivity contribution in [3.63, 3.8) is 0 Å². The first-order valence-electron chi connectivity index (χ1n) is 4.57. The lowest BCUT2D eigenvalue weighted by Crippen LogP contribution is -2.27. The summed E-state index contributed by atoms with van der Waals surface area (Å²) >= 11 is 0. The van der Waals surface area contributed by atoms with Crippen LogP contribution in [0.4, 0.5) is 0 Å². The summed E-state index contributed by atoms with van der Waals surface area (Å²) in [4.78, 5) is 22.6. The second-order valence-electron chi connectivity index (χ2n) is 3.33. The molecule has 14 heavy (non-hydrogen) atoms. The second kappa shape index (κ2) is 3.29.